The molecule has 1 heterocycles. The molecule has 2 rings (SSSR count). The molecule has 1 atom stereocenters. The number of halogens is 2. The molecule has 0 aromatic heterocycles. The van der Waals surface area contributed by atoms with Gasteiger partial charge in [0, 0.05) is 25.4 Å². The molecule has 110 valence electrons. The van der Waals surface area contributed by atoms with Crippen LogP contribution in [0.4, 0.5) is 0 Å². The molecule has 0 spiro atoms. The fourth-order valence-corrected chi connectivity index (χ4v) is 3.99. The summed E-state index contributed by atoms with van der Waals surface area (Å²) in [5, 5.41) is 3.92. The second kappa shape index (κ2) is 6.43. The van der Waals surface area contributed by atoms with E-state index in [9.17, 15) is 13.2 Å². The number of rotatable bonds is 4. The van der Waals surface area contributed by atoms with E-state index in [-0.39, 0.29) is 36.2 Å². The van der Waals surface area contributed by atoms with Gasteiger partial charge in [-0.15, -0.1) is 0 Å². The highest BCUT2D eigenvalue weighted by molar-refractivity contribution is 7.91. The molecule has 1 aliphatic rings. The van der Waals surface area contributed by atoms with Crippen LogP contribution >= 0.6 is 23.2 Å². The topological polar surface area (TPSA) is 63.2 Å². The number of carbonyl (C=O) groups excluding carboxylic acids is 1. The van der Waals surface area contributed by atoms with Gasteiger partial charge in [-0.05, 0) is 17.7 Å². The minimum Gasteiger partial charge on any atom is -0.312 e. The first kappa shape index (κ1) is 15.8. The predicted molar refractivity (Wildman–Crippen MR) is 80.2 cm³/mol. The summed E-state index contributed by atoms with van der Waals surface area (Å²) in [5.74, 6) is 0.155. The summed E-state index contributed by atoms with van der Waals surface area (Å²) in [6.45, 7) is 0.410. The van der Waals surface area contributed by atoms with Gasteiger partial charge in [0.05, 0.1) is 21.6 Å². The highest BCUT2D eigenvalue weighted by atomic mass is 35.5. The van der Waals surface area contributed by atoms with E-state index >= 15 is 0 Å². The zero-order chi connectivity index (χ0) is 14.8. The SMILES string of the molecule is O=C(Cc1ccc(Cl)c(Cl)c1)CC1CS(=O)(=O)CCN1. The van der Waals surface area contributed by atoms with Crippen LogP contribution in [0.3, 0.4) is 0 Å². The van der Waals surface area contributed by atoms with E-state index in [0.29, 0.717) is 16.6 Å². The molecule has 1 aliphatic heterocycles. The van der Waals surface area contributed by atoms with E-state index in [1.54, 1.807) is 18.2 Å². The van der Waals surface area contributed by atoms with Crippen molar-refractivity contribution in [3.8, 4) is 0 Å². The Morgan fingerprint density at radius 2 is 2.05 bits per heavy atom. The maximum atomic E-state index is 12.0. The summed E-state index contributed by atoms with van der Waals surface area (Å²) in [7, 11) is -3.02. The van der Waals surface area contributed by atoms with Crippen molar-refractivity contribution in [2.75, 3.05) is 18.1 Å². The fourth-order valence-electron chi connectivity index (χ4n) is 2.22. The Morgan fingerprint density at radius 3 is 2.70 bits per heavy atom. The molecule has 1 aromatic rings. The first-order valence-electron chi connectivity index (χ1n) is 6.25. The van der Waals surface area contributed by atoms with Crippen LogP contribution in [0.5, 0.6) is 0 Å². The van der Waals surface area contributed by atoms with Gasteiger partial charge in [-0.2, -0.15) is 0 Å². The van der Waals surface area contributed by atoms with E-state index in [1.165, 1.54) is 0 Å². The Hall–Kier alpha value is -0.620. The van der Waals surface area contributed by atoms with Crippen molar-refractivity contribution < 1.29 is 13.2 Å². The lowest BCUT2D eigenvalue weighted by atomic mass is 10.0. The standard InChI is InChI=1S/C13H15Cl2NO3S/c14-12-2-1-9(6-13(12)15)5-11(17)7-10-8-20(18,19)4-3-16-10/h1-2,6,10,16H,3-5,7-8H2. The highest BCUT2D eigenvalue weighted by Gasteiger charge is 2.25. The number of hydrogen-bond acceptors (Lipinski definition) is 4. The number of ketones is 1. The highest BCUT2D eigenvalue weighted by Crippen LogP contribution is 2.23. The number of hydrogen-bond donors (Lipinski definition) is 1. The molecule has 7 heteroatoms. The van der Waals surface area contributed by atoms with Crippen LogP contribution < -0.4 is 5.32 Å². The van der Waals surface area contributed by atoms with Gasteiger partial charge in [-0.3, -0.25) is 4.79 Å². The Labute approximate surface area is 128 Å². The average Bonchev–Trinajstić information content (AvgIpc) is 2.32. The summed E-state index contributed by atoms with van der Waals surface area (Å²) in [5.41, 5.74) is 0.781. The third-order valence-electron chi connectivity index (χ3n) is 3.16. The summed E-state index contributed by atoms with van der Waals surface area (Å²) in [4.78, 5) is 12.0. The van der Waals surface area contributed by atoms with Gasteiger partial charge in [0.25, 0.3) is 0 Å². The smallest absolute Gasteiger partial charge is 0.153 e. The lowest BCUT2D eigenvalue weighted by Crippen LogP contribution is -2.46. The quantitative estimate of drug-likeness (QED) is 0.912. The van der Waals surface area contributed by atoms with Crippen molar-refractivity contribution in [3.05, 3.63) is 33.8 Å². The monoisotopic (exact) mass is 335 g/mol. The van der Waals surface area contributed by atoms with Crippen LogP contribution in [0.15, 0.2) is 18.2 Å². The van der Waals surface area contributed by atoms with E-state index in [2.05, 4.69) is 5.32 Å². The van der Waals surface area contributed by atoms with Crippen LogP contribution in [0, 0.1) is 0 Å². The van der Waals surface area contributed by atoms with E-state index in [4.69, 9.17) is 23.2 Å². The van der Waals surface area contributed by atoms with Gasteiger partial charge < -0.3 is 5.32 Å². The Morgan fingerprint density at radius 1 is 1.30 bits per heavy atom. The zero-order valence-corrected chi connectivity index (χ0v) is 13.1. The lowest BCUT2D eigenvalue weighted by Gasteiger charge is -2.23. The van der Waals surface area contributed by atoms with Crippen LogP contribution in [0.2, 0.25) is 10.0 Å². The van der Waals surface area contributed by atoms with E-state index in [1.807, 2.05) is 0 Å². The van der Waals surface area contributed by atoms with Crippen molar-refractivity contribution in [2.45, 2.75) is 18.9 Å². The fraction of sp³-hybridized carbons (Fsp3) is 0.462. The molecule has 1 fully saturated rings. The van der Waals surface area contributed by atoms with Gasteiger partial charge in [0.15, 0.2) is 9.84 Å². The van der Waals surface area contributed by atoms with Crippen molar-refractivity contribution in [3.63, 3.8) is 0 Å². The molecule has 1 aromatic carbocycles. The average molecular weight is 336 g/mol. The second-order valence-corrected chi connectivity index (χ2v) is 7.98. The number of benzene rings is 1. The van der Waals surface area contributed by atoms with Crippen LogP contribution in [-0.2, 0) is 21.1 Å². The van der Waals surface area contributed by atoms with Crippen molar-refractivity contribution >= 4 is 38.8 Å². The molecule has 0 radical (unpaired) electrons. The Balaban J connectivity index is 1.93. The van der Waals surface area contributed by atoms with Gasteiger partial charge in [-0.25, -0.2) is 8.42 Å². The summed E-state index contributed by atoms with van der Waals surface area (Å²) in [6.07, 6.45) is 0.439. The Bertz CT molecular complexity index is 616. The number of carbonyl (C=O) groups is 1. The molecule has 20 heavy (non-hydrogen) atoms. The zero-order valence-electron chi connectivity index (χ0n) is 10.7. The molecule has 1 unspecified atom stereocenters. The minimum absolute atomic E-state index is 0.0158. The maximum Gasteiger partial charge on any atom is 0.153 e. The largest absolute Gasteiger partial charge is 0.312 e. The van der Waals surface area contributed by atoms with Gasteiger partial charge in [0.2, 0.25) is 0 Å². The molecule has 0 amide bonds. The number of Topliss-reactive ketones (excluding diaryl/α,β-unsaturated/α-hetero) is 1. The first-order valence-corrected chi connectivity index (χ1v) is 8.83. The summed E-state index contributed by atoms with van der Waals surface area (Å²) < 4.78 is 23.0. The third-order valence-corrected chi connectivity index (χ3v) is 5.64. The molecule has 0 saturated carbocycles. The van der Waals surface area contributed by atoms with E-state index < -0.39 is 9.84 Å². The molecular weight excluding hydrogens is 321 g/mol. The van der Waals surface area contributed by atoms with Gasteiger partial charge in [0.1, 0.15) is 5.78 Å². The van der Waals surface area contributed by atoms with Crippen molar-refractivity contribution in [1.82, 2.24) is 5.32 Å². The second-order valence-electron chi connectivity index (χ2n) is 4.93. The van der Waals surface area contributed by atoms with Crippen molar-refractivity contribution in [1.29, 1.82) is 0 Å². The molecule has 0 bridgehead atoms. The number of sulfone groups is 1. The minimum atomic E-state index is -3.02. The van der Waals surface area contributed by atoms with E-state index in [0.717, 1.165) is 5.56 Å². The molecule has 1 saturated heterocycles. The van der Waals surface area contributed by atoms with Crippen LogP contribution in [0.1, 0.15) is 12.0 Å². The normalized spacial score (nSPS) is 21.6. The van der Waals surface area contributed by atoms with Crippen LogP contribution in [0.25, 0.3) is 0 Å². The summed E-state index contributed by atoms with van der Waals surface area (Å²) in [6, 6.07) is 4.77. The molecular formula is C13H15Cl2NO3S. The Kier molecular flexibility index (Phi) is 5.07. The third kappa shape index (κ3) is 4.45. The van der Waals surface area contributed by atoms with Crippen molar-refractivity contribution in [2.24, 2.45) is 0 Å². The van der Waals surface area contributed by atoms with Gasteiger partial charge >= 0.3 is 0 Å². The first-order chi connectivity index (χ1) is 9.35. The van der Waals surface area contributed by atoms with Gasteiger partial charge in [-0.1, -0.05) is 29.3 Å². The lowest BCUT2D eigenvalue weighted by molar-refractivity contribution is -0.118. The predicted octanol–water partition coefficient (Wildman–Crippen LogP) is 1.88. The molecule has 0 aliphatic carbocycles. The molecule has 1 N–H and O–H groups in total. The molecule has 4 nitrogen and oxygen atoms in total. The maximum absolute atomic E-state index is 12.0. The summed E-state index contributed by atoms with van der Waals surface area (Å²) >= 11 is 11.7. The van der Waals surface area contributed by atoms with Crippen LogP contribution in [-0.4, -0.2) is 38.3 Å². The number of nitrogens with one attached hydrogen (secondary N) is 1.